The van der Waals surface area contributed by atoms with E-state index < -0.39 is 47.9 Å². The van der Waals surface area contributed by atoms with Crippen LogP contribution in [0.25, 0.3) is 0 Å². The highest BCUT2D eigenvalue weighted by Gasteiger charge is 2.65. The van der Waals surface area contributed by atoms with Gasteiger partial charge in [0.1, 0.15) is 12.2 Å². The van der Waals surface area contributed by atoms with Gasteiger partial charge >= 0.3 is 18.4 Å². The molecule has 0 spiro atoms. The molecule has 1 saturated heterocycles. The summed E-state index contributed by atoms with van der Waals surface area (Å²) < 4.78 is 92.0. The molecule has 11 heteroatoms. The number of anilines is 1. The van der Waals surface area contributed by atoms with E-state index in [0.717, 1.165) is 17.0 Å². The molecule has 2 N–H and O–H groups in total. The number of amides is 1. The Morgan fingerprint density at radius 3 is 2.30 bits per heavy atom. The third-order valence-electron chi connectivity index (χ3n) is 4.55. The zero-order valence-electron chi connectivity index (χ0n) is 16.7. The lowest BCUT2D eigenvalue weighted by Crippen LogP contribution is -2.60. The maximum atomic E-state index is 14.5. The molecular formula is C19H24F6N2O3. The van der Waals surface area contributed by atoms with E-state index in [2.05, 4.69) is 4.74 Å². The Morgan fingerprint density at radius 1 is 1.17 bits per heavy atom. The molecule has 0 aliphatic carbocycles. The van der Waals surface area contributed by atoms with Gasteiger partial charge in [-0.3, -0.25) is 0 Å². The quantitative estimate of drug-likeness (QED) is 0.526. The number of carbonyl (C=O) groups is 1. The number of nitrogens with zero attached hydrogens (tertiary/aromatic N) is 1. The molecular weight excluding hydrogens is 418 g/mol. The van der Waals surface area contributed by atoms with Gasteiger partial charge in [0.15, 0.2) is 0 Å². The summed E-state index contributed by atoms with van der Waals surface area (Å²) in [6, 6.07) is 2.63. The van der Waals surface area contributed by atoms with Crippen LogP contribution < -0.4 is 5.73 Å². The highest BCUT2D eigenvalue weighted by Crippen LogP contribution is 2.50. The zero-order valence-corrected chi connectivity index (χ0v) is 16.7. The summed E-state index contributed by atoms with van der Waals surface area (Å²) >= 11 is 0. The maximum Gasteiger partial charge on any atom is 0.423 e. The predicted molar refractivity (Wildman–Crippen MR) is 96.6 cm³/mol. The lowest BCUT2D eigenvalue weighted by Gasteiger charge is -2.44. The minimum absolute atomic E-state index is 0.0847. The topological polar surface area (TPSA) is 64.8 Å². The number of carbonyl (C=O) groups excluding carboxylic acids is 1. The summed E-state index contributed by atoms with van der Waals surface area (Å²) in [7, 11) is 0. The second-order valence-electron chi connectivity index (χ2n) is 8.09. The number of alkyl halides is 6. The van der Waals surface area contributed by atoms with Crippen LogP contribution in [0.5, 0.6) is 0 Å². The minimum Gasteiger partial charge on any atom is -0.444 e. The van der Waals surface area contributed by atoms with Crippen molar-refractivity contribution < 1.29 is 40.6 Å². The Bertz CT molecular complexity index is 760. The van der Waals surface area contributed by atoms with Crippen LogP contribution in [0.1, 0.15) is 39.2 Å². The number of ether oxygens (including phenoxy) is 2. The van der Waals surface area contributed by atoms with Crippen LogP contribution in [-0.4, -0.2) is 48.1 Å². The van der Waals surface area contributed by atoms with Gasteiger partial charge in [-0.1, -0.05) is 12.1 Å². The molecule has 30 heavy (non-hydrogen) atoms. The van der Waals surface area contributed by atoms with Gasteiger partial charge in [-0.15, -0.1) is 0 Å². The molecule has 1 aliphatic heterocycles. The van der Waals surface area contributed by atoms with E-state index in [1.54, 1.807) is 0 Å². The smallest absolute Gasteiger partial charge is 0.423 e. The van der Waals surface area contributed by atoms with E-state index in [9.17, 15) is 31.1 Å². The van der Waals surface area contributed by atoms with Gasteiger partial charge in [-0.2, -0.15) is 26.3 Å². The highest BCUT2D eigenvalue weighted by atomic mass is 19.4. The van der Waals surface area contributed by atoms with Gasteiger partial charge in [-0.05, 0) is 51.3 Å². The van der Waals surface area contributed by atoms with E-state index in [0.29, 0.717) is 0 Å². The molecule has 1 heterocycles. The first kappa shape index (κ1) is 24.1. The van der Waals surface area contributed by atoms with Gasteiger partial charge < -0.3 is 20.1 Å². The fraction of sp³-hybridized carbons (Fsp3) is 0.632. The van der Waals surface area contributed by atoms with Gasteiger partial charge in [-0.25, -0.2) is 4.79 Å². The summed E-state index contributed by atoms with van der Waals surface area (Å²) in [5, 5.41) is 0. The fourth-order valence-electron chi connectivity index (χ4n) is 3.50. The van der Waals surface area contributed by atoms with Crippen molar-refractivity contribution in [2.45, 2.75) is 63.2 Å². The standard InChI is InChI=1S/C19H24F6N2O3/c1-16(2,3)30-15(28)27-9-5-8-14(27)18(19(23,24)25,29-11-17(20,21)22)12-6-4-7-13(26)10-12/h4,6-7,10,14H,5,8-9,11,26H2,1-3H3. The number of halogens is 6. The molecule has 2 unspecified atom stereocenters. The zero-order chi connectivity index (χ0) is 23.0. The first-order chi connectivity index (χ1) is 13.6. The summed E-state index contributed by atoms with van der Waals surface area (Å²) in [5.41, 5.74) is 0.466. The molecule has 2 atom stereocenters. The highest BCUT2D eigenvalue weighted by molar-refractivity contribution is 5.69. The van der Waals surface area contributed by atoms with Gasteiger partial charge in [0.2, 0.25) is 5.60 Å². The fourth-order valence-corrected chi connectivity index (χ4v) is 3.50. The number of benzene rings is 1. The monoisotopic (exact) mass is 442 g/mol. The van der Waals surface area contributed by atoms with E-state index in [4.69, 9.17) is 10.5 Å². The number of hydrogen-bond acceptors (Lipinski definition) is 4. The van der Waals surface area contributed by atoms with Crippen LogP contribution in [0.4, 0.5) is 36.8 Å². The number of rotatable bonds is 4. The SMILES string of the molecule is CC(C)(C)OC(=O)N1CCCC1C(OCC(F)(F)F)(c1cccc(N)c1)C(F)(F)F. The van der Waals surface area contributed by atoms with Crippen LogP contribution >= 0.6 is 0 Å². The Hall–Kier alpha value is -2.17. The second-order valence-corrected chi connectivity index (χ2v) is 8.09. The minimum atomic E-state index is -5.29. The van der Waals surface area contributed by atoms with Gasteiger partial charge in [0, 0.05) is 12.2 Å². The van der Waals surface area contributed by atoms with Gasteiger partial charge in [0.05, 0.1) is 6.04 Å². The van der Waals surface area contributed by atoms with E-state index in [1.807, 2.05) is 0 Å². The summed E-state index contributed by atoms with van der Waals surface area (Å²) in [6.45, 7) is 2.33. The van der Waals surface area contributed by atoms with Crippen molar-refractivity contribution in [3.8, 4) is 0 Å². The molecule has 5 nitrogen and oxygen atoms in total. The number of hydrogen-bond donors (Lipinski definition) is 1. The number of nitrogens with two attached hydrogens (primary N) is 1. The van der Waals surface area contributed by atoms with Crippen LogP contribution in [-0.2, 0) is 15.1 Å². The number of likely N-dealkylation sites (tertiary alicyclic amines) is 1. The molecule has 1 aromatic rings. The lowest BCUT2D eigenvalue weighted by atomic mass is 9.83. The molecule has 1 fully saturated rings. The number of nitrogen functional groups attached to an aromatic ring is 1. The molecule has 0 aromatic heterocycles. The largest absolute Gasteiger partial charge is 0.444 e. The van der Waals surface area contributed by atoms with Crippen LogP contribution in [0.3, 0.4) is 0 Å². The van der Waals surface area contributed by atoms with E-state index in [1.165, 1.54) is 32.9 Å². The van der Waals surface area contributed by atoms with Crippen molar-refractivity contribution >= 4 is 11.8 Å². The predicted octanol–water partition coefficient (Wildman–Crippen LogP) is 5.00. The Kier molecular flexibility index (Phi) is 6.56. The summed E-state index contributed by atoms with van der Waals surface area (Å²) in [6.07, 6.45) is -11.5. The van der Waals surface area contributed by atoms with Gasteiger partial charge in [0.25, 0.3) is 0 Å². The van der Waals surface area contributed by atoms with Crippen molar-refractivity contribution in [1.82, 2.24) is 4.90 Å². The average molecular weight is 442 g/mol. The summed E-state index contributed by atoms with van der Waals surface area (Å²) in [5.74, 6) is 0. The molecule has 0 saturated carbocycles. The summed E-state index contributed by atoms with van der Waals surface area (Å²) in [4.78, 5) is 13.4. The van der Waals surface area contributed by atoms with Crippen LogP contribution in [0.15, 0.2) is 24.3 Å². The lowest BCUT2D eigenvalue weighted by molar-refractivity contribution is -0.324. The molecule has 1 aromatic carbocycles. The molecule has 2 rings (SSSR count). The molecule has 0 bridgehead atoms. The normalized spacial score (nSPS) is 20.2. The van der Waals surface area contributed by atoms with Crippen LogP contribution in [0, 0.1) is 0 Å². The maximum absolute atomic E-state index is 14.5. The molecule has 1 amide bonds. The molecule has 1 aliphatic rings. The Morgan fingerprint density at radius 2 is 1.80 bits per heavy atom. The first-order valence-corrected chi connectivity index (χ1v) is 9.20. The average Bonchev–Trinajstić information content (AvgIpc) is 3.01. The van der Waals surface area contributed by atoms with Crippen molar-refractivity contribution in [3.05, 3.63) is 29.8 Å². The van der Waals surface area contributed by atoms with Crippen molar-refractivity contribution in [2.24, 2.45) is 0 Å². The second kappa shape index (κ2) is 8.16. The third kappa shape index (κ3) is 5.30. The van der Waals surface area contributed by atoms with Crippen molar-refractivity contribution in [1.29, 1.82) is 0 Å². The van der Waals surface area contributed by atoms with E-state index in [-0.39, 0.29) is 25.1 Å². The van der Waals surface area contributed by atoms with Crippen molar-refractivity contribution in [2.75, 3.05) is 18.9 Å². The Labute approximate surface area is 170 Å². The van der Waals surface area contributed by atoms with E-state index >= 15 is 0 Å². The molecule has 170 valence electrons. The first-order valence-electron chi connectivity index (χ1n) is 9.20. The van der Waals surface area contributed by atoms with Crippen LogP contribution in [0.2, 0.25) is 0 Å². The Balaban J connectivity index is 2.62. The third-order valence-corrected chi connectivity index (χ3v) is 4.55. The van der Waals surface area contributed by atoms with Crippen molar-refractivity contribution in [3.63, 3.8) is 0 Å². The molecule has 0 radical (unpaired) electrons.